The molecule has 3 aromatic rings. The van der Waals surface area contributed by atoms with E-state index in [0.717, 1.165) is 36.9 Å². The minimum atomic E-state index is 0.785. The Kier molecular flexibility index (Phi) is 4.11. The molecule has 0 radical (unpaired) electrons. The standard InChI is InChI=1S/C20H22N4/c1-15-8-12-24(13-9-15)20-18-5-3-2-4-17(18)19(22-23-20)14-16-6-10-21-11-7-16/h2-7,10-11,15H,8-9,12-14H2,1H3. The lowest BCUT2D eigenvalue weighted by Crippen LogP contribution is -2.33. The number of aromatic nitrogens is 3. The molecule has 1 aliphatic heterocycles. The van der Waals surface area contributed by atoms with E-state index >= 15 is 0 Å². The van der Waals surface area contributed by atoms with Crippen LogP contribution < -0.4 is 4.90 Å². The minimum absolute atomic E-state index is 0.785. The second kappa shape index (κ2) is 6.56. The lowest BCUT2D eigenvalue weighted by molar-refractivity contribution is 0.436. The highest BCUT2D eigenvalue weighted by molar-refractivity contribution is 5.93. The Morgan fingerprint density at radius 3 is 2.42 bits per heavy atom. The second-order valence-corrected chi connectivity index (χ2v) is 6.72. The number of nitrogens with zero attached hydrogens (tertiary/aromatic N) is 4. The van der Waals surface area contributed by atoms with Crippen molar-refractivity contribution in [3.63, 3.8) is 0 Å². The van der Waals surface area contributed by atoms with Crippen LogP contribution in [0.5, 0.6) is 0 Å². The Balaban J connectivity index is 1.72. The maximum Gasteiger partial charge on any atom is 0.159 e. The molecular formula is C20H22N4. The smallest absolute Gasteiger partial charge is 0.159 e. The molecule has 0 unspecified atom stereocenters. The summed E-state index contributed by atoms with van der Waals surface area (Å²) in [6.07, 6.45) is 6.90. The van der Waals surface area contributed by atoms with E-state index in [0.29, 0.717) is 0 Å². The lowest BCUT2D eigenvalue weighted by atomic mass is 9.98. The highest BCUT2D eigenvalue weighted by Crippen LogP contribution is 2.29. The predicted octanol–water partition coefficient (Wildman–Crippen LogP) is 3.85. The van der Waals surface area contributed by atoms with Gasteiger partial charge in [-0.05, 0) is 36.5 Å². The summed E-state index contributed by atoms with van der Waals surface area (Å²) >= 11 is 0. The van der Waals surface area contributed by atoms with Gasteiger partial charge < -0.3 is 4.90 Å². The molecule has 0 atom stereocenters. The van der Waals surface area contributed by atoms with Crippen molar-refractivity contribution in [1.29, 1.82) is 0 Å². The minimum Gasteiger partial charge on any atom is -0.355 e. The summed E-state index contributed by atoms with van der Waals surface area (Å²) in [5.41, 5.74) is 2.25. The Bertz CT molecular complexity index is 823. The van der Waals surface area contributed by atoms with Crippen molar-refractivity contribution in [2.75, 3.05) is 18.0 Å². The average Bonchev–Trinajstić information content (AvgIpc) is 2.64. The van der Waals surface area contributed by atoms with Gasteiger partial charge in [-0.1, -0.05) is 31.2 Å². The van der Waals surface area contributed by atoms with Crippen LogP contribution in [-0.2, 0) is 6.42 Å². The summed E-state index contributed by atoms with van der Waals surface area (Å²) in [6.45, 7) is 4.48. The number of hydrogen-bond donors (Lipinski definition) is 0. The van der Waals surface area contributed by atoms with Gasteiger partial charge in [0.15, 0.2) is 5.82 Å². The van der Waals surface area contributed by atoms with Crippen LogP contribution >= 0.6 is 0 Å². The molecule has 4 nitrogen and oxygen atoms in total. The van der Waals surface area contributed by atoms with Gasteiger partial charge in [0.25, 0.3) is 0 Å². The maximum absolute atomic E-state index is 4.61. The van der Waals surface area contributed by atoms with E-state index < -0.39 is 0 Å². The van der Waals surface area contributed by atoms with Crippen molar-refractivity contribution in [1.82, 2.24) is 15.2 Å². The number of pyridine rings is 1. The molecule has 0 N–H and O–H groups in total. The molecule has 122 valence electrons. The summed E-state index contributed by atoms with van der Waals surface area (Å²) in [6, 6.07) is 12.6. The largest absolute Gasteiger partial charge is 0.355 e. The molecule has 0 aliphatic carbocycles. The summed E-state index contributed by atoms with van der Waals surface area (Å²) in [7, 11) is 0. The zero-order valence-corrected chi connectivity index (χ0v) is 14.0. The van der Waals surface area contributed by atoms with Crippen LogP contribution in [0, 0.1) is 5.92 Å². The number of benzene rings is 1. The van der Waals surface area contributed by atoms with E-state index in [1.165, 1.54) is 29.2 Å². The first-order valence-corrected chi connectivity index (χ1v) is 8.69. The van der Waals surface area contributed by atoms with Gasteiger partial charge >= 0.3 is 0 Å². The van der Waals surface area contributed by atoms with Crippen molar-refractivity contribution in [3.05, 3.63) is 60.0 Å². The van der Waals surface area contributed by atoms with Gasteiger partial charge in [-0.3, -0.25) is 4.98 Å². The zero-order chi connectivity index (χ0) is 16.4. The molecule has 0 spiro atoms. The monoisotopic (exact) mass is 318 g/mol. The number of anilines is 1. The Morgan fingerprint density at radius 1 is 0.958 bits per heavy atom. The first-order valence-electron chi connectivity index (χ1n) is 8.69. The third-order valence-corrected chi connectivity index (χ3v) is 4.95. The van der Waals surface area contributed by atoms with Crippen molar-refractivity contribution in [2.24, 2.45) is 5.92 Å². The van der Waals surface area contributed by atoms with Gasteiger partial charge in [0.2, 0.25) is 0 Å². The average molecular weight is 318 g/mol. The number of rotatable bonds is 3. The van der Waals surface area contributed by atoms with E-state index in [4.69, 9.17) is 0 Å². The molecule has 4 heteroatoms. The number of fused-ring (bicyclic) bond motifs is 1. The van der Waals surface area contributed by atoms with Crippen LogP contribution in [0.15, 0.2) is 48.8 Å². The van der Waals surface area contributed by atoms with Gasteiger partial charge in [-0.25, -0.2) is 0 Å². The molecule has 1 saturated heterocycles. The van der Waals surface area contributed by atoms with Gasteiger partial charge in [0.05, 0.1) is 5.69 Å². The van der Waals surface area contributed by atoms with E-state index in [1.54, 1.807) is 0 Å². The Hall–Kier alpha value is -2.49. The van der Waals surface area contributed by atoms with Crippen LogP contribution in [0.1, 0.15) is 31.0 Å². The second-order valence-electron chi connectivity index (χ2n) is 6.72. The summed E-state index contributed by atoms with van der Waals surface area (Å²) in [5.74, 6) is 1.85. The SMILES string of the molecule is CC1CCN(c2nnc(Cc3ccncc3)c3ccccc23)CC1. The molecular weight excluding hydrogens is 296 g/mol. The van der Waals surface area contributed by atoms with E-state index in [2.05, 4.69) is 51.3 Å². The third kappa shape index (κ3) is 2.96. The van der Waals surface area contributed by atoms with Crippen molar-refractivity contribution in [2.45, 2.75) is 26.2 Å². The molecule has 0 saturated carbocycles. The molecule has 1 aromatic carbocycles. The van der Waals surface area contributed by atoms with Gasteiger partial charge in [0.1, 0.15) is 0 Å². The molecule has 3 heterocycles. The molecule has 24 heavy (non-hydrogen) atoms. The quantitative estimate of drug-likeness (QED) is 0.735. The zero-order valence-electron chi connectivity index (χ0n) is 14.0. The van der Waals surface area contributed by atoms with Crippen molar-refractivity contribution >= 4 is 16.6 Å². The lowest BCUT2D eigenvalue weighted by Gasteiger charge is -2.31. The topological polar surface area (TPSA) is 41.9 Å². The normalized spacial score (nSPS) is 15.8. The fourth-order valence-corrected chi connectivity index (χ4v) is 3.42. The number of hydrogen-bond acceptors (Lipinski definition) is 4. The molecule has 1 fully saturated rings. The number of piperidine rings is 1. The van der Waals surface area contributed by atoms with Gasteiger partial charge in [-0.2, -0.15) is 5.10 Å². The van der Waals surface area contributed by atoms with E-state index in [9.17, 15) is 0 Å². The van der Waals surface area contributed by atoms with Crippen molar-refractivity contribution in [3.8, 4) is 0 Å². The fourth-order valence-electron chi connectivity index (χ4n) is 3.42. The first kappa shape index (κ1) is 15.1. The van der Waals surface area contributed by atoms with Crippen LogP contribution in [0.25, 0.3) is 10.8 Å². The van der Waals surface area contributed by atoms with Crippen LogP contribution in [0.4, 0.5) is 5.82 Å². The van der Waals surface area contributed by atoms with Gasteiger partial charge in [-0.15, -0.1) is 5.10 Å². The molecule has 0 amide bonds. The summed E-state index contributed by atoms with van der Waals surface area (Å²) in [4.78, 5) is 6.48. The molecule has 2 aromatic heterocycles. The Labute approximate surface area is 142 Å². The maximum atomic E-state index is 4.61. The first-order chi connectivity index (χ1) is 11.8. The van der Waals surface area contributed by atoms with Gasteiger partial charge in [0, 0.05) is 42.7 Å². The van der Waals surface area contributed by atoms with Crippen LogP contribution in [0.2, 0.25) is 0 Å². The highest BCUT2D eigenvalue weighted by atomic mass is 15.3. The van der Waals surface area contributed by atoms with E-state index in [1.807, 2.05) is 24.5 Å². The fraction of sp³-hybridized carbons (Fsp3) is 0.350. The predicted molar refractivity (Wildman–Crippen MR) is 97.2 cm³/mol. The van der Waals surface area contributed by atoms with Crippen LogP contribution in [-0.4, -0.2) is 28.3 Å². The molecule has 1 aliphatic rings. The van der Waals surface area contributed by atoms with E-state index in [-0.39, 0.29) is 0 Å². The Morgan fingerprint density at radius 2 is 1.67 bits per heavy atom. The molecule has 0 bridgehead atoms. The van der Waals surface area contributed by atoms with Crippen molar-refractivity contribution < 1.29 is 0 Å². The summed E-state index contributed by atoms with van der Waals surface area (Å²) in [5, 5.41) is 11.6. The third-order valence-electron chi connectivity index (χ3n) is 4.95. The molecule has 4 rings (SSSR count). The van der Waals surface area contributed by atoms with Crippen LogP contribution in [0.3, 0.4) is 0 Å². The summed E-state index contributed by atoms with van der Waals surface area (Å²) < 4.78 is 0. The highest BCUT2D eigenvalue weighted by Gasteiger charge is 2.20.